The lowest BCUT2D eigenvalue weighted by molar-refractivity contribution is -0.120. The number of hydrogen-bond donors (Lipinski definition) is 2. The molecule has 0 aliphatic carbocycles. The van der Waals surface area contributed by atoms with Crippen molar-refractivity contribution in [1.29, 1.82) is 0 Å². The number of thioether (sulfide) groups is 1. The Bertz CT molecular complexity index is 413. The Labute approximate surface area is 124 Å². The van der Waals surface area contributed by atoms with Gasteiger partial charge in [-0.15, -0.1) is 11.8 Å². The van der Waals surface area contributed by atoms with Gasteiger partial charge in [0.1, 0.15) is 0 Å². The van der Waals surface area contributed by atoms with Crippen molar-refractivity contribution in [2.75, 3.05) is 12.3 Å². The van der Waals surface area contributed by atoms with Gasteiger partial charge in [0.25, 0.3) is 0 Å². The van der Waals surface area contributed by atoms with E-state index in [1.54, 1.807) is 0 Å². The molecule has 0 fully saturated rings. The molecule has 0 unspecified atom stereocenters. The number of nitrogens with two attached hydrogens (primary N) is 1. The van der Waals surface area contributed by atoms with Crippen molar-refractivity contribution in [2.24, 2.45) is 5.73 Å². The molecule has 1 aromatic rings. The fourth-order valence-corrected chi connectivity index (χ4v) is 2.84. The molecule has 3 nitrogen and oxygen atoms in total. The summed E-state index contributed by atoms with van der Waals surface area (Å²) in [5.41, 5.74) is 5.49. The first-order valence-electron chi connectivity index (χ1n) is 6.45. The maximum Gasteiger partial charge on any atom is 0.230 e. The summed E-state index contributed by atoms with van der Waals surface area (Å²) in [6.45, 7) is 4.54. The van der Waals surface area contributed by atoms with E-state index in [0.717, 1.165) is 17.7 Å². The number of hydrogen-bond acceptors (Lipinski definition) is 3. The van der Waals surface area contributed by atoms with Crippen LogP contribution in [0.3, 0.4) is 0 Å². The summed E-state index contributed by atoms with van der Waals surface area (Å²) in [6, 6.07) is 7.52. The number of nitrogens with one attached hydrogen (secondary N) is 1. The van der Waals surface area contributed by atoms with E-state index in [9.17, 15) is 4.79 Å². The van der Waals surface area contributed by atoms with Gasteiger partial charge in [-0.05, 0) is 25.0 Å². The van der Waals surface area contributed by atoms with Gasteiger partial charge in [-0.1, -0.05) is 37.6 Å². The third kappa shape index (κ3) is 4.71. The van der Waals surface area contributed by atoms with Crippen molar-refractivity contribution in [3.63, 3.8) is 0 Å². The van der Waals surface area contributed by atoms with Gasteiger partial charge >= 0.3 is 0 Å². The molecule has 0 radical (unpaired) electrons. The molecule has 0 heterocycles. The number of rotatable bonds is 7. The highest BCUT2D eigenvalue weighted by molar-refractivity contribution is 8.00. The van der Waals surface area contributed by atoms with Crippen LogP contribution >= 0.6 is 23.4 Å². The minimum absolute atomic E-state index is 0.000861. The fraction of sp³-hybridized carbons (Fsp3) is 0.500. The highest BCUT2D eigenvalue weighted by Crippen LogP contribution is 2.26. The monoisotopic (exact) mass is 300 g/mol. The lowest BCUT2D eigenvalue weighted by Crippen LogP contribution is -2.53. The number of amides is 1. The maximum atomic E-state index is 12.0. The highest BCUT2D eigenvalue weighted by atomic mass is 35.5. The van der Waals surface area contributed by atoms with Crippen LogP contribution in [0.15, 0.2) is 29.2 Å². The molecule has 0 saturated heterocycles. The number of halogens is 1. The van der Waals surface area contributed by atoms with Crippen molar-refractivity contribution in [3.8, 4) is 0 Å². The van der Waals surface area contributed by atoms with Gasteiger partial charge in [0, 0.05) is 11.4 Å². The average molecular weight is 301 g/mol. The molecular formula is C14H21ClN2OS. The van der Waals surface area contributed by atoms with E-state index < -0.39 is 0 Å². The second-order valence-electron chi connectivity index (χ2n) is 4.46. The van der Waals surface area contributed by atoms with Crippen LogP contribution in [0.5, 0.6) is 0 Å². The van der Waals surface area contributed by atoms with Gasteiger partial charge in [0.05, 0.1) is 16.3 Å². The summed E-state index contributed by atoms with van der Waals surface area (Å²) in [7, 11) is 0. The zero-order valence-electron chi connectivity index (χ0n) is 11.4. The van der Waals surface area contributed by atoms with E-state index in [1.807, 2.05) is 38.1 Å². The van der Waals surface area contributed by atoms with Crippen LogP contribution in [0, 0.1) is 0 Å². The largest absolute Gasteiger partial charge is 0.349 e. The molecule has 3 N–H and O–H groups in total. The van der Waals surface area contributed by atoms with Crippen LogP contribution in [-0.2, 0) is 4.79 Å². The van der Waals surface area contributed by atoms with E-state index in [-0.39, 0.29) is 11.4 Å². The minimum Gasteiger partial charge on any atom is -0.349 e. The Hall–Kier alpha value is -0.710. The quantitative estimate of drug-likeness (QED) is 0.761. The smallest absolute Gasteiger partial charge is 0.230 e. The second-order valence-corrected chi connectivity index (χ2v) is 5.88. The molecule has 0 aromatic heterocycles. The third-order valence-corrected chi connectivity index (χ3v) is 4.86. The summed E-state index contributed by atoms with van der Waals surface area (Å²) in [4.78, 5) is 12.9. The molecule has 0 bridgehead atoms. The number of benzene rings is 1. The molecule has 1 rings (SSSR count). The fourth-order valence-electron chi connectivity index (χ4n) is 1.80. The Morgan fingerprint density at radius 1 is 1.37 bits per heavy atom. The Kier molecular flexibility index (Phi) is 6.69. The summed E-state index contributed by atoms with van der Waals surface area (Å²) >= 11 is 7.49. The van der Waals surface area contributed by atoms with Crippen LogP contribution in [0.25, 0.3) is 0 Å². The molecule has 0 atom stereocenters. The Balaban J connectivity index is 2.54. The predicted octanol–water partition coefficient (Wildman–Crippen LogP) is 3.07. The first-order valence-corrected chi connectivity index (χ1v) is 7.81. The van der Waals surface area contributed by atoms with Gasteiger partial charge in [-0.2, -0.15) is 0 Å². The third-order valence-electron chi connectivity index (χ3n) is 3.34. The van der Waals surface area contributed by atoms with E-state index >= 15 is 0 Å². The topological polar surface area (TPSA) is 55.1 Å². The van der Waals surface area contributed by atoms with Gasteiger partial charge in [-0.25, -0.2) is 0 Å². The number of carbonyl (C=O) groups excluding carboxylic acids is 1. The first-order chi connectivity index (χ1) is 9.06. The Morgan fingerprint density at radius 2 is 2.00 bits per heavy atom. The molecule has 0 spiro atoms. The predicted molar refractivity (Wildman–Crippen MR) is 82.7 cm³/mol. The molecule has 19 heavy (non-hydrogen) atoms. The molecule has 5 heteroatoms. The summed E-state index contributed by atoms with van der Waals surface area (Å²) < 4.78 is 0. The molecule has 106 valence electrons. The molecule has 1 aromatic carbocycles. The summed E-state index contributed by atoms with van der Waals surface area (Å²) in [6.07, 6.45) is 1.67. The zero-order chi connectivity index (χ0) is 14.3. The SMILES string of the molecule is CCC(CC)(CN)NC(=O)CSc1ccccc1Cl. The van der Waals surface area contributed by atoms with Crippen LogP contribution in [0.4, 0.5) is 0 Å². The van der Waals surface area contributed by atoms with E-state index in [4.69, 9.17) is 17.3 Å². The van der Waals surface area contributed by atoms with Crippen molar-refractivity contribution in [1.82, 2.24) is 5.32 Å². The lowest BCUT2D eigenvalue weighted by Gasteiger charge is -2.31. The van der Waals surface area contributed by atoms with Crippen LogP contribution in [-0.4, -0.2) is 23.7 Å². The molecular weight excluding hydrogens is 280 g/mol. The van der Waals surface area contributed by atoms with Crippen LogP contribution < -0.4 is 11.1 Å². The second kappa shape index (κ2) is 7.78. The van der Waals surface area contributed by atoms with Crippen molar-refractivity contribution in [3.05, 3.63) is 29.3 Å². The minimum atomic E-state index is -0.280. The van der Waals surface area contributed by atoms with Gasteiger partial charge < -0.3 is 11.1 Å². The standard InChI is InChI=1S/C14H21ClN2OS/c1-3-14(4-2,10-16)17-13(18)9-19-12-8-6-5-7-11(12)15/h5-8H,3-4,9-10,16H2,1-2H3,(H,17,18). The van der Waals surface area contributed by atoms with Crippen LogP contribution in [0.2, 0.25) is 5.02 Å². The normalized spacial score (nSPS) is 11.4. The van der Waals surface area contributed by atoms with Crippen molar-refractivity contribution in [2.45, 2.75) is 37.1 Å². The highest BCUT2D eigenvalue weighted by Gasteiger charge is 2.26. The molecule has 0 saturated carbocycles. The summed E-state index contributed by atoms with van der Waals surface area (Å²) in [5.74, 6) is 0.352. The van der Waals surface area contributed by atoms with E-state index in [2.05, 4.69) is 5.32 Å². The zero-order valence-corrected chi connectivity index (χ0v) is 13.0. The maximum absolute atomic E-state index is 12.0. The molecule has 0 aliphatic heterocycles. The summed E-state index contributed by atoms with van der Waals surface area (Å²) in [5, 5.41) is 3.72. The van der Waals surface area contributed by atoms with Crippen molar-refractivity contribution >= 4 is 29.3 Å². The average Bonchev–Trinajstić information content (AvgIpc) is 2.44. The van der Waals surface area contributed by atoms with Crippen molar-refractivity contribution < 1.29 is 4.79 Å². The first kappa shape index (κ1) is 16.3. The van der Waals surface area contributed by atoms with E-state index in [1.165, 1.54) is 11.8 Å². The van der Waals surface area contributed by atoms with Gasteiger partial charge in [-0.3, -0.25) is 4.79 Å². The van der Waals surface area contributed by atoms with E-state index in [0.29, 0.717) is 17.3 Å². The number of carbonyl (C=O) groups is 1. The van der Waals surface area contributed by atoms with Gasteiger partial charge in [0.15, 0.2) is 0 Å². The van der Waals surface area contributed by atoms with Gasteiger partial charge in [0.2, 0.25) is 5.91 Å². The van der Waals surface area contributed by atoms with Crippen LogP contribution in [0.1, 0.15) is 26.7 Å². The molecule has 0 aliphatic rings. The molecule has 1 amide bonds. The lowest BCUT2D eigenvalue weighted by atomic mass is 9.93. The Morgan fingerprint density at radius 3 is 2.53 bits per heavy atom.